The van der Waals surface area contributed by atoms with Crippen LogP contribution in [0.4, 0.5) is 0 Å². The third-order valence-corrected chi connectivity index (χ3v) is 7.10. The lowest BCUT2D eigenvalue weighted by molar-refractivity contribution is -0.0741. The Hall–Kier alpha value is -2.92. The predicted octanol–water partition coefficient (Wildman–Crippen LogP) is 5.06. The number of carbonyl (C=O) groups is 2. The number of likely N-dealkylation sites (tertiary alicyclic amines) is 1. The summed E-state index contributed by atoms with van der Waals surface area (Å²) >= 11 is 0. The lowest BCUT2D eigenvalue weighted by atomic mass is 9.83. The van der Waals surface area contributed by atoms with E-state index in [0.29, 0.717) is 31.0 Å². The Morgan fingerprint density at radius 3 is 2.58 bits per heavy atom. The monoisotopic (exact) mass is 416 g/mol. The first-order chi connectivity index (χ1) is 15.0. The third kappa shape index (κ3) is 3.19. The van der Waals surface area contributed by atoms with Crippen LogP contribution in [0.1, 0.15) is 65.1 Å². The zero-order valence-corrected chi connectivity index (χ0v) is 18.1. The molecule has 1 unspecified atom stereocenters. The number of amides is 1. The number of carbonyl (C=O) groups excluding carboxylic acids is 2. The fourth-order valence-electron chi connectivity index (χ4n) is 5.01. The number of H-pyrrole nitrogens is 1. The second-order valence-corrected chi connectivity index (χ2v) is 8.83. The van der Waals surface area contributed by atoms with Gasteiger partial charge in [0.1, 0.15) is 0 Å². The summed E-state index contributed by atoms with van der Waals surface area (Å²) in [5.41, 5.74) is 4.03. The van der Waals surface area contributed by atoms with Gasteiger partial charge in [0, 0.05) is 29.9 Å². The standard InChI is InChI=1S/C26H28N2O3/c1-3-17(2)24(29)23-22(19-9-5-7-11-21(19)27-23)25(30)28-14-12-26(13-15-28)20-10-6-4-8-18(20)16-31-26/h4-11,17,27H,3,12-16H2,1-2H3. The van der Waals surface area contributed by atoms with Gasteiger partial charge in [-0.15, -0.1) is 0 Å². The van der Waals surface area contributed by atoms with Crippen LogP contribution in [0.2, 0.25) is 0 Å². The van der Waals surface area contributed by atoms with Crippen LogP contribution in [0.15, 0.2) is 48.5 Å². The maximum atomic E-state index is 13.7. The van der Waals surface area contributed by atoms with Crippen molar-refractivity contribution in [3.05, 3.63) is 70.9 Å². The molecule has 2 aliphatic rings. The smallest absolute Gasteiger partial charge is 0.256 e. The molecular weight excluding hydrogens is 388 g/mol. The summed E-state index contributed by atoms with van der Waals surface area (Å²) in [4.78, 5) is 31.9. The van der Waals surface area contributed by atoms with Gasteiger partial charge in [-0.1, -0.05) is 56.3 Å². The topological polar surface area (TPSA) is 62.4 Å². The summed E-state index contributed by atoms with van der Waals surface area (Å²) in [6.07, 6.45) is 2.28. The van der Waals surface area contributed by atoms with E-state index >= 15 is 0 Å². The molecule has 31 heavy (non-hydrogen) atoms. The van der Waals surface area contributed by atoms with Crippen LogP contribution in [0.5, 0.6) is 0 Å². The van der Waals surface area contributed by atoms with Crippen molar-refractivity contribution in [2.45, 2.75) is 45.3 Å². The highest BCUT2D eigenvalue weighted by Crippen LogP contribution is 2.44. The molecule has 1 N–H and O–H groups in total. The SMILES string of the molecule is CCC(C)C(=O)c1[nH]c2ccccc2c1C(=O)N1CCC2(CC1)OCc1ccccc12. The van der Waals surface area contributed by atoms with Crippen LogP contribution >= 0.6 is 0 Å². The van der Waals surface area contributed by atoms with E-state index < -0.39 is 0 Å². The van der Waals surface area contributed by atoms with Gasteiger partial charge in [0.25, 0.3) is 5.91 Å². The Morgan fingerprint density at radius 2 is 1.81 bits per heavy atom. The largest absolute Gasteiger partial charge is 0.365 e. The highest BCUT2D eigenvalue weighted by molar-refractivity contribution is 6.16. The average Bonchev–Trinajstić information content (AvgIpc) is 3.37. The molecule has 3 heterocycles. The van der Waals surface area contributed by atoms with Gasteiger partial charge in [-0.05, 0) is 36.5 Å². The fourth-order valence-corrected chi connectivity index (χ4v) is 5.01. The molecule has 3 aromatic rings. The number of aromatic amines is 1. The number of rotatable bonds is 4. The number of hydrogen-bond acceptors (Lipinski definition) is 3. The minimum absolute atomic E-state index is 0.00332. The van der Waals surface area contributed by atoms with Crippen LogP contribution in [0.25, 0.3) is 10.9 Å². The number of nitrogens with zero attached hydrogens (tertiary/aromatic N) is 1. The molecule has 2 aliphatic heterocycles. The number of para-hydroxylation sites is 1. The normalized spacial score (nSPS) is 18.3. The number of nitrogens with one attached hydrogen (secondary N) is 1. The van der Waals surface area contributed by atoms with Crippen molar-refractivity contribution in [1.29, 1.82) is 0 Å². The van der Waals surface area contributed by atoms with Crippen molar-refractivity contribution in [2.24, 2.45) is 5.92 Å². The second kappa shape index (κ2) is 7.65. The van der Waals surface area contributed by atoms with Crippen molar-refractivity contribution in [2.75, 3.05) is 13.1 Å². The van der Waals surface area contributed by atoms with Crippen LogP contribution < -0.4 is 0 Å². The third-order valence-electron chi connectivity index (χ3n) is 7.10. The first kappa shape index (κ1) is 20.0. The summed E-state index contributed by atoms with van der Waals surface area (Å²) in [6.45, 7) is 5.78. The van der Waals surface area contributed by atoms with E-state index in [9.17, 15) is 9.59 Å². The van der Waals surface area contributed by atoms with E-state index in [0.717, 1.165) is 30.2 Å². The molecule has 5 heteroatoms. The van der Waals surface area contributed by atoms with Crippen molar-refractivity contribution < 1.29 is 14.3 Å². The quantitative estimate of drug-likeness (QED) is 0.605. The molecule has 1 atom stereocenters. The first-order valence-corrected chi connectivity index (χ1v) is 11.2. The summed E-state index contributed by atoms with van der Waals surface area (Å²) in [5, 5.41) is 0.821. The molecule has 0 bridgehead atoms. The molecule has 1 saturated heterocycles. The highest BCUT2D eigenvalue weighted by atomic mass is 16.5. The lowest BCUT2D eigenvalue weighted by Crippen LogP contribution is -2.45. The minimum Gasteiger partial charge on any atom is -0.365 e. The van der Waals surface area contributed by atoms with Gasteiger partial charge in [-0.3, -0.25) is 9.59 Å². The number of Topliss-reactive ketones (excluding diaryl/α,β-unsaturated/α-hetero) is 1. The number of aromatic nitrogens is 1. The van der Waals surface area contributed by atoms with Crippen molar-refractivity contribution in [3.63, 3.8) is 0 Å². The Labute approximate surface area is 182 Å². The van der Waals surface area contributed by atoms with E-state index in [1.54, 1.807) is 0 Å². The molecule has 0 aliphatic carbocycles. The zero-order valence-electron chi connectivity index (χ0n) is 18.1. The molecule has 1 spiro atoms. The molecule has 1 fully saturated rings. The van der Waals surface area contributed by atoms with Crippen molar-refractivity contribution >= 4 is 22.6 Å². The highest BCUT2D eigenvalue weighted by Gasteiger charge is 2.43. The van der Waals surface area contributed by atoms with Crippen LogP contribution in [0, 0.1) is 5.92 Å². The van der Waals surface area contributed by atoms with E-state index in [-0.39, 0.29) is 23.2 Å². The second-order valence-electron chi connectivity index (χ2n) is 8.83. The molecule has 0 saturated carbocycles. The van der Waals surface area contributed by atoms with Crippen LogP contribution in [0.3, 0.4) is 0 Å². The Morgan fingerprint density at radius 1 is 1.10 bits per heavy atom. The number of benzene rings is 2. The summed E-state index contributed by atoms with van der Waals surface area (Å²) in [5.74, 6) is -0.193. The lowest BCUT2D eigenvalue weighted by Gasteiger charge is -2.39. The Kier molecular flexibility index (Phi) is 4.94. The van der Waals surface area contributed by atoms with Crippen molar-refractivity contribution in [3.8, 4) is 0 Å². The Bertz CT molecular complexity index is 1150. The van der Waals surface area contributed by atoms with E-state index in [1.807, 2.05) is 49.1 Å². The average molecular weight is 417 g/mol. The van der Waals surface area contributed by atoms with E-state index in [2.05, 4.69) is 23.2 Å². The van der Waals surface area contributed by atoms with Gasteiger partial charge in [-0.25, -0.2) is 0 Å². The zero-order chi connectivity index (χ0) is 21.6. The van der Waals surface area contributed by atoms with Crippen LogP contribution in [-0.2, 0) is 16.9 Å². The molecule has 5 nitrogen and oxygen atoms in total. The molecular formula is C26H28N2O3. The molecule has 0 radical (unpaired) electrons. The van der Waals surface area contributed by atoms with Gasteiger partial charge in [-0.2, -0.15) is 0 Å². The van der Waals surface area contributed by atoms with E-state index in [4.69, 9.17) is 4.74 Å². The molecule has 1 aromatic heterocycles. The van der Waals surface area contributed by atoms with Gasteiger partial charge >= 0.3 is 0 Å². The summed E-state index contributed by atoms with van der Waals surface area (Å²) in [6, 6.07) is 16.1. The predicted molar refractivity (Wildman–Crippen MR) is 120 cm³/mol. The van der Waals surface area contributed by atoms with Gasteiger partial charge < -0.3 is 14.6 Å². The number of ether oxygens (including phenoxy) is 1. The number of ketones is 1. The minimum atomic E-state index is -0.289. The van der Waals surface area contributed by atoms with Gasteiger partial charge in [0.05, 0.1) is 23.5 Å². The number of fused-ring (bicyclic) bond motifs is 3. The Balaban J connectivity index is 1.45. The summed E-state index contributed by atoms with van der Waals surface area (Å²) in [7, 11) is 0. The number of hydrogen-bond donors (Lipinski definition) is 1. The maximum Gasteiger partial charge on any atom is 0.256 e. The maximum absolute atomic E-state index is 13.7. The van der Waals surface area contributed by atoms with E-state index in [1.165, 1.54) is 11.1 Å². The molecule has 1 amide bonds. The van der Waals surface area contributed by atoms with Gasteiger partial charge in [0.15, 0.2) is 5.78 Å². The van der Waals surface area contributed by atoms with Crippen LogP contribution in [-0.4, -0.2) is 34.7 Å². The first-order valence-electron chi connectivity index (χ1n) is 11.2. The molecule has 2 aromatic carbocycles. The molecule has 160 valence electrons. The number of piperidine rings is 1. The molecule has 5 rings (SSSR count). The van der Waals surface area contributed by atoms with Gasteiger partial charge in [0.2, 0.25) is 0 Å². The summed E-state index contributed by atoms with van der Waals surface area (Å²) < 4.78 is 6.25. The van der Waals surface area contributed by atoms with Crippen molar-refractivity contribution in [1.82, 2.24) is 9.88 Å². The fraction of sp³-hybridized carbons (Fsp3) is 0.385.